The van der Waals surface area contributed by atoms with E-state index in [1.807, 2.05) is 30.3 Å². The molecule has 1 aromatic rings. The fraction of sp³-hybridized carbons (Fsp3) is 0.750. The van der Waals surface area contributed by atoms with Crippen molar-refractivity contribution >= 4 is 16.6 Å². The molecule has 0 saturated carbocycles. The van der Waals surface area contributed by atoms with E-state index in [1.165, 1.54) is 0 Å². The molecule has 0 radical (unpaired) electrons. The Morgan fingerprint density at radius 2 is 1.48 bits per heavy atom. The molecule has 1 aromatic carbocycles. The molecular formula is C24H43N3O4Si2. The highest BCUT2D eigenvalue weighted by molar-refractivity contribution is 6.74. The van der Waals surface area contributed by atoms with Gasteiger partial charge in [0.25, 0.3) is 0 Å². The Morgan fingerprint density at radius 1 is 0.939 bits per heavy atom. The zero-order chi connectivity index (χ0) is 25.1. The number of benzene rings is 1. The van der Waals surface area contributed by atoms with E-state index in [-0.39, 0.29) is 10.1 Å². The van der Waals surface area contributed by atoms with Crippen LogP contribution in [0, 0.1) is 0 Å². The van der Waals surface area contributed by atoms with Gasteiger partial charge in [0, 0.05) is 4.91 Å². The van der Waals surface area contributed by atoms with Crippen LogP contribution in [0.25, 0.3) is 10.4 Å². The summed E-state index contributed by atoms with van der Waals surface area (Å²) >= 11 is 0. The number of rotatable bonds is 9. The van der Waals surface area contributed by atoms with Crippen LogP contribution in [0.3, 0.4) is 0 Å². The second-order valence-corrected chi connectivity index (χ2v) is 21.5. The topological polar surface area (TPSA) is 85.7 Å². The maximum absolute atomic E-state index is 9.36. The number of nitrogens with zero attached hydrogens (tertiary/aromatic N) is 3. The molecule has 1 fully saturated rings. The first kappa shape index (κ1) is 28.0. The molecule has 7 nitrogen and oxygen atoms in total. The van der Waals surface area contributed by atoms with Gasteiger partial charge in [0.05, 0.1) is 25.4 Å². The maximum Gasteiger partial charge on any atom is 0.195 e. The first-order valence-corrected chi connectivity index (χ1v) is 17.6. The molecule has 1 aliphatic rings. The van der Waals surface area contributed by atoms with Gasteiger partial charge in [-0.25, -0.2) is 0 Å². The summed E-state index contributed by atoms with van der Waals surface area (Å²) < 4.78 is 25.8. The summed E-state index contributed by atoms with van der Waals surface area (Å²) in [6, 6.07) is 9.47. The molecule has 0 aromatic heterocycles. The van der Waals surface area contributed by atoms with Crippen LogP contribution in [0.1, 0.15) is 47.1 Å². The molecule has 33 heavy (non-hydrogen) atoms. The summed E-state index contributed by atoms with van der Waals surface area (Å²) in [5, 5.41) is 4.13. The minimum atomic E-state index is -2.19. The van der Waals surface area contributed by atoms with Gasteiger partial charge in [-0.2, -0.15) is 0 Å². The Labute approximate surface area is 202 Å². The fourth-order valence-electron chi connectivity index (χ4n) is 3.11. The average Bonchev–Trinajstić information content (AvgIpc) is 2.97. The lowest BCUT2D eigenvalue weighted by Gasteiger charge is -2.43. The van der Waals surface area contributed by atoms with Crippen molar-refractivity contribution in [3.63, 3.8) is 0 Å². The Bertz CT molecular complexity index is 815. The number of ether oxygens (including phenoxy) is 2. The van der Waals surface area contributed by atoms with Crippen molar-refractivity contribution in [2.75, 3.05) is 6.61 Å². The highest BCUT2D eigenvalue weighted by Crippen LogP contribution is 2.43. The molecule has 0 aliphatic carbocycles. The quantitative estimate of drug-likeness (QED) is 0.160. The lowest BCUT2D eigenvalue weighted by molar-refractivity contribution is -0.126. The normalized spacial score (nSPS) is 24.5. The summed E-state index contributed by atoms with van der Waals surface area (Å²) in [6.45, 7) is 22.7. The number of hydrogen-bond acceptors (Lipinski definition) is 5. The first-order valence-electron chi connectivity index (χ1n) is 11.8. The van der Waals surface area contributed by atoms with Crippen LogP contribution in [0.4, 0.5) is 0 Å². The zero-order valence-corrected chi connectivity index (χ0v) is 24.1. The lowest BCUT2D eigenvalue weighted by atomic mass is 10.1. The van der Waals surface area contributed by atoms with Crippen LogP contribution < -0.4 is 0 Å². The molecule has 186 valence electrons. The molecule has 9 heteroatoms. The Balaban J connectivity index is 2.29. The van der Waals surface area contributed by atoms with Crippen LogP contribution in [0.5, 0.6) is 0 Å². The van der Waals surface area contributed by atoms with Gasteiger partial charge in [-0.1, -0.05) is 77.0 Å². The van der Waals surface area contributed by atoms with Gasteiger partial charge in [0.15, 0.2) is 22.9 Å². The summed E-state index contributed by atoms with van der Waals surface area (Å²) in [4.78, 5) is 3.14. The van der Waals surface area contributed by atoms with Crippen LogP contribution in [0.15, 0.2) is 35.4 Å². The highest BCUT2D eigenvalue weighted by atomic mass is 28.4. The van der Waals surface area contributed by atoms with Crippen molar-refractivity contribution < 1.29 is 18.3 Å². The van der Waals surface area contributed by atoms with Crippen LogP contribution in [-0.2, 0) is 24.9 Å². The van der Waals surface area contributed by atoms with Gasteiger partial charge in [-0.05, 0) is 47.4 Å². The van der Waals surface area contributed by atoms with E-state index < -0.39 is 41.2 Å². The van der Waals surface area contributed by atoms with Gasteiger partial charge in [-0.3, -0.25) is 0 Å². The second kappa shape index (κ2) is 10.6. The minimum Gasteiger partial charge on any atom is -0.408 e. The molecule has 4 atom stereocenters. The van der Waals surface area contributed by atoms with Gasteiger partial charge in [0.1, 0.15) is 6.10 Å². The molecule has 2 rings (SSSR count). The number of hydrogen-bond donors (Lipinski definition) is 0. The zero-order valence-electron chi connectivity index (χ0n) is 22.1. The van der Waals surface area contributed by atoms with Crippen molar-refractivity contribution in [3.05, 3.63) is 46.3 Å². The van der Waals surface area contributed by atoms with Crippen LogP contribution >= 0.6 is 0 Å². The van der Waals surface area contributed by atoms with E-state index in [4.69, 9.17) is 18.3 Å². The molecule has 1 unspecified atom stereocenters. The summed E-state index contributed by atoms with van der Waals surface area (Å²) in [5.74, 6) is 0. The molecular weight excluding hydrogens is 450 g/mol. The molecule has 0 bridgehead atoms. The Morgan fingerprint density at radius 3 is 2.00 bits per heavy atom. The van der Waals surface area contributed by atoms with E-state index >= 15 is 0 Å². The first-order chi connectivity index (χ1) is 15.1. The Hall–Kier alpha value is -1.20. The molecule has 0 amide bonds. The predicted molar refractivity (Wildman–Crippen MR) is 138 cm³/mol. The van der Waals surface area contributed by atoms with E-state index in [0.29, 0.717) is 13.2 Å². The third-order valence-electron chi connectivity index (χ3n) is 7.33. The Kier molecular flexibility index (Phi) is 9.01. The number of azide groups is 1. The SMILES string of the molecule is CC(C)(C)[Si](C)(C)OC1[C@H](O[Si](C)(C)C(C)(C)C)O[C@H](COCc2ccccc2)[C@@H]1N=[N+]=[N-]. The maximum atomic E-state index is 9.36. The fourth-order valence-corrected chi connectivity index (χ4v) is 5.52. The van der Waals surface area contributed by atoms with Crippen molar-refractivity contribution in [3.8, 4) is 0 Å². The van der Waals surface area contributed by atoms with E-state index in [9.17, 15) is 5.53 Å². The predicted octanol–water partition coefficient (Wildman–Crippen LogP) is 7.02. The lowest BCUT2D eigenvalue weighted by Crippen LogP contribution is -2.52. The van der Waals surface area contributed by atoms with Crippen molar-refractivity contribution in [1.29, 1.82) is 0 Å². The summed E-state index contributed by atoms with van der Waals surface area (Å²) in [7, 11) is -4.35. The monoisotopic (exact) mass is 493 g/mol. The molecule has 1 saturated heterocycles. The van der Waals surface area contributed by atoms with Gasteiger partial charge < -0.3 is 18.3 Å². The third-order valence-corrected chi connectivity index (χ3v) is 16.2. The van der Waals surface area contributed by atoms with E-state index in [1.54, 1.807) is 0 Å². The van der Waals surface area contributed by atoms with E-state index in [2.05, 4.69) is 77.8 Å². The largest absolute Gasteiger partial charge is 0.408 e. The van der Waals surface area contributed by atoms with Gasteiger partial charge >= 0.3 is 0 Å². The van der Waals surface area contributed by atoms with Crippen molar-refractivity contribution in [2.45, 2.75) is 109 Å². The van der Waals surface area contributed by atoms with Crippen molar-refractivity contribution in [1.82, 2.24) is 0 Å². The minimum absolute atomic E-state index is 0.00265. The molecule has 1 heterocycles. The molecule has 0 spiro atoms. The van der Waals surface area contributed by atoms with Crippen LogP contribution in [-0.4, -0.2) is 47.8 Å². The molecule has 1 aliphatic heterocycles. The van der Waals surface area contributed by atoms with Gasteiger partial charge in [-0.15, -0.1) is 0 Å². The standard InChI is InChI=1S/C24H43N3O4Si2/c1-23(2,3)32(7,8)30-21-20(26-27-25)19(17-28-16-18-14-12-11-13-15-18)29-22(21)31-33(9,10)24(4,5)6/h11-15,19-22H,16-17H2,1-10H3/t19-,20+,21?,22+/m1/s1. The third kappa shape index (κ3) is 7.15. The van der Waals surface area contributed by atoms with Gasteiger partial charge in [0.2, 0.25) is 0 Å². The molecule has 0 N–H and O–H groups in total. The van der Waals surface area contributed by atoms with Crippen molar-refractivity contribution in [2.24, 2.45) is 5.11 Å². The second-order valence-electron chi connectivity index (χ2n) is 12.0. The summed E-state index contributed by atoms with van der Waals surface area (Å²) in [6.07, 6.45) is -1.50. The summed E-state index contributed by atoms with van der Waals surface area (Å²) in [5.41, 5.74) is 10.4. The van der Waals surface area contributed by atoms with Crippen LogP contribution in [0.2, 0.25) is 36.3 Å². The average molecular weight is 494 g/mol. The smallest absolute Gasteiger partial charge is 0.195 e. The highest BCUT2D eigenvalue weighted by Gasteiger charge is 2.53. The van der Waals surface area contributed by atoms with E-state index in [0.717, 1.165) is 5.56 Å².